The van der Waals surface area contributed by atoms with Gasteiger partial charge in [0.2, 0.25) is 5.91 Å². The zero-order chi connectivity index (χ0) is 15.0. The van der Waals surface area contributed by atoms with E-state index in [2.05, 4.69) is 10.6 Å². The molecular weight excluding hydrogens is 347 g/mol. The van der Waals surface area contributed by atoms with Gasteiger partial charge in [0, 0.05) is 24.2 Å². The summed E-state index contributed by atoms with van der Waals surface area (Å²) in [6.45, 7) is 0. The first kappa shape index (κ1) is 17.7. The van der Waals surface area contributed by atoms with Gasteiger partial charge in [0.25, 0.3) is 0 Å². The minimum Gasteiger partial charge on any atom is -0.505 e. The molecule has 0 aromatic heterocycles. The van der Waals surface area contributed by atoms with Crippen molar-refractivity contribution >= 4 is 47.2 Å². The van der Waals surface area contributed by atoms with Gasteiger partial charge in [0.15, 0.2) is 5.75 Å². The van der Waals surface area contributed by atoms with Gasteiger partial charge in [-0.15, -0.1) is 12.4 Å². The second kappa shape index (κ2) is 7.26. The van der Waals surface area contributed by atoms with Crippen molar-refractivity contribution in [2.24, 2.45) is 5.92 Å². The molecule has 1 aromatic carbocycles. The van der Waals surface area contributed by atoms with Crippen LogP contribution in [0.4, 0.5) is 5.69 Å². The number of rotatable bonds is 3. The molecule has 0 aliphatic carbocycles. The molecule has 2 fully saturated rings. The molecule has 7 heteroatoms. The molecule has 2 bridgehead atoms. The largest absolute Gasteiger partial charge is 0.505 e. The highest BCUT2D eigenvalue weighted by molar-refractivity contribution is 6.37. The molecule has 122 valence electrons. The first-order chi connectivity index (χ1) is 10.0. The number of carbonyl (C=O) groups is 1. The molecule has 2 heterocycles. The van der Waals surface area contributed by atoms with Gasteiger partial charge in [0.1, 0.15) is 0 Å². The summed E-state index contributed by atoms with van der Waals surface area (Å²) in [6, 6.07) is 4.18. The second-order valence-electron chi connectivity index (χ2n) is 6.02. The molecular formula is C15H19Cl3N2O2. The monoisotopic (exact) mass is 364 g/mol. The van der Waals surface area contributed by atoms with Gasteiger partial charge < -0.3 is 15.7 Å². The first-order valence-corrected chi connectivity index (χ1v) is 8.00. The highest BCUT2D eigenvalue weighted by Crippen LogP contribution is 2.35. The van der Waals surface area contributed by atoms with Crippen molar-refractivity contribution < 1.29 is 9.90 Å². The highest BCUT2D eigenvalue weighted by atomic mass is 35.5. The molecule has 2 atom stereocenters. The lowest BCUT2D eigenvalue weighted by molar-refractivity contribution is -0.117. The summed E-state index contributed by atoms with van der Waals surface area (Å²) >= 11 is 11.7. The van der Waals surface area contributed by atoms with Crippen LogP contribution in [-0.4, -0.2) is 23.1 Å². The lowest BCUT2D eigenvalue weighted by Gasteiger charge is -2.28. The molecule has 22 heavy (non-hydrogen) atoms. The summed E-state index contributed by atoms with van der Waals surface area (Å²) < 4.78 is 0. The molecule has 2 unspecified atom stereocenters. The summed E-state index contributed by atoms with van der Waals surface area (Å²) in [5.41, 5.74) is 0.518. The average Bonchev–Trinajstić information content (AvgIpc) is 2.75. The number of nitrogens with one attached hydrogen (secondary N) is 2. The summed E-state index contributed by atoms with van der Waals surface area (Å²) in [5.74, 6) is 0.247. The van der Waals surface area contributed by atoms with Crippen LogP contribution in [0.3, 0.4) is 0 Å². The Hall–Kier alpha value is -0.680. The maximum absolute atomic E-state index is 12.1. The maximum atomic E-state index is 12.1. The standard InChI is InChI=1S/C15H18Cl2N2O2.ClH/c16-12-6-11(7-13(17)15(12)21)19-14(20)5-8-3-9-1-2-10(4-8)18-9;/h6-10,18,21H,1-5H2,(H,19,20);1H. The van der Waals surface area contributed by atoms with Crippen LogP contribution in [0.25, 0.3) is 0 Å². The summed E-state index contributed by atoms with van der Waals surface area (Å²) in [6.07, 6.45) is 5.12. The maximum Gasteiger partial charge on any atom is 0.224 e. The number of amides is 1. The van der Waals surface area contributed by atoms with E-state index in [1.165, 1.54) is 25.0 Å². The third-order valence-electron chi connectivity index (χ3n) is 4.35. The number of phenols is 1. The van der Waals surface area contributed by atoms with E-state index in [4.69, 9.17) is 23.2 Å². The van der Waals surface area contributed by atoms with Crippen LogP contribution >= 0.6 is 35.6 Å². The normalized spacial score (nSPS) is 26.4. The van der Waals surface area contributed by atoms with Crippen molar-refractivity contribution in [1.82, 2.24) is 5.32 Å². The molecule has 0 saturated carbocycles. The van der Waals surface area contributed by atoms with Crippen LogP contribution in [0.5, 0.6) is 5.75 Å². The minimum absolute atomic E-state index is 0. The van der Waals surface area contributed by atoms with Crippen LogP contribution in [0.2, 0.25) is 10.0 Å². The second-order valence-corrected chi connectivity index (χ2v) is 6.83. The number of fused-ring (bicyclic) bond motifs is 2. The van der Waals surface area contributed by atoms with Crippen molar-refractivity contribution in [3.8, 4) is 5.75 Å². The van der Waals surface area contributed by atoms with E-state index in [0.717, 1.165) is 12.8 Å². The third-order valence-corrected chi connectivity index (χ3v) is 4.92. The van der Waals surface area contributed by atoms with Crippen molar-refractivity contribution in [2.45, 2.75) is 44.2 Å². The van der Waals surface area contributed by atoms with Gasteiger partial charge in [-0.05, 0) is 43.7 Å². The molecule has 2 aliphatic heterocycles. The highest BCUT2D eigenvalue weighted by Gasteiger charge is 2.34. The summed E-state index contributed by atoms with van der Waals surface area (Å²) in [5, 5.41) is 16.2. The Morgan fingerprint density at radius 3 is 2.32 bits per heavy atom. The van der Waals surface area contributed by atoms with Crippen molar-refractivity contribution in [2.75, 3.05) is 5.32 Å². The predicted octanol–water partition coefficient (Wildman–Crippen LogP) is 3.98. The number of aromatic hydroxyl groups is 1. The number of hydrogen-bond acceptors (Lipinski definition) is 3. The Kier molecular flexibility index (Phi) is 5.83. The smallest absolute Gasteiger partial charge is 0.224 e. The number of carbonyl (C=O) groups excluding carboxylic acids is 1. The van der Waals surface area contributed by atoms with E-state index in [1.807, 2.05) is 0 Å². The summed E-state index contributed by atoms with van der Waals surface area (Å²) in [7, 11) is 0. The van der Waals surface area contributed by atoms with E-state index in [0.29, 0.717) is 30.1 Å². The Morgan fingerprint density at radius 2 is 1.77 bits per heavy atom. The van der Waals surface area contributed by atoms with E-state index < -0.39 is 0 Å². The predicted molar refractivity (Wildman–Crippen MR) is 91.3 cm³/mol. The van der Waals surface area contributed by atoms with E-state index in [-0.39, 0.29) is 34.1 Å². The van der Waals surface area contributed by atoms with E-state index in [9.17, 15) is 9.90 Å². The molecule has 4 nitrogen and oxygen atoms in total. The Balaban J connectivity index is 0.00000176. The van der Waals surface area contributed by atoms with Crippen molar-refractivity contribution in [3.63, 3.8) is 0 Å². The average molecular weight is 366 g/mol. The lowest BCUT2D eigenvalue weighted by Crippen LogP contribution is -2.39. The van der Waals surface area contributed by atoms with Gasteiger partial charge in [-0.3, -0.25) is 4.79 Å². The molecule has 0 spiro atoms. The number of halogens is 3. The number of phenolic OH excluding ortho intramolecular Hbond substituents is 1. The fraction of sp³-hybridized carbons (Fsp3) is 0.533. The Morgan fingerprint density at radius 1 is 1.23 bits per heavy atom. The fourth-order valence-corrected chi connectivity index (χ4v) is 3.94. The van der Waals surface area contributed by atoms with Crippen LogP contribution in [-0.2, 0) is 4.79 Å². The van der Waals surface area contributed by atoms with Crippen LogP contribution in [0, 0.1) is 5.92 Å². The van der Waals surface area contributed by atoms with E-state index in [1.54, 1.807) is 0 Å². The first-order valence-electron chi connectivity index (χ1n) is 7.25. The van der Waals surface area contributed by atoms with Crippen LogP contribution in [0.15, 0.2) is 12.1 Å². The zero-order valence-electron chi connectivity index (χ0n) is 11.9. The zero-order valence-corrected chi connectivity index (χ0v) is 14.3. The number of benzene rings is 1. The number of anilines is 1. The number of hydrogen-bond donors (Lipinski definition) is 3. The van der Waals surface area contributed by atoms with E-state index >= 15 is 0 Å². The lowest BCUT2D eigenvalue weighted by atomic mass is 9.89. The van der Waals surface area contributed by atoms with Crippen molar-refractivity contribution in [1.29, 1.82) is 0 Å². The molecule has 0 radical (unpaired) electrons. The van der Waals surface area contributed by atoms with Gasteiger partial charge in [0.05, 0.1) is 10.0 Å². The molecule has 3 N–H and O–H groups in total. The molecule has 2 aliphatic rings. The fourth-order valence-electron chi connectivity index (χ4n) is 3.45. The third kappa shape index (κ3) is 3.99. The Labute approximate surface area is 146 Å². The Bertz CT molecular complexity index is 533. The van der Waals surface area contributed by atoms with Gasteiger partial charge in [-0.1, -0.05) is 23.2 Å². The molecule has 3 rings (SSSR count). The summed E-state index contributed by atoms with van der Waals surface area (Å²) in [4.78, 5) is 12.1. The topological polar surface area (TPSA) is 61.4 Å². The SMILES string of the molecule is Cl.O=C(CC1CC2CCC(C1)N2)Nc1cc(Cl)c(O)c(Cl)c1. The number of piperidine rings is 1. The van der Waals surface area contributed by atoms with Crippen LogP contribution in [0.1, 0.15) is 32.1 Å². The molecule has 2 saturated heterocycles. The molecule has 1 amide bonds. The van der Waals surface area contributed by atoms with Gasteiger partial charge >= 0.3 is 0 Å². The molecule has 1 aromatic rings. The van der Waals surface area contributed by atoms with Gasteiger partial charge in [-0.25, -0.2) is 0 Å². The minimum atomic E-state index is -0.161. The van der Waals surface area contributed by atoms with Crippen LogP contribution < -0.4 is 10.6 Å². The van der Waals surface area contributed by atoms with Crippen molar-refractivity contribution in [3.05, 3.63) is 22.2 Å². The van der Waals surface area contributed by atoms with Gasteiger partial charge in [-0.2, -0.15) is 0 Å². The quantitative estimate of drug-likeness (QED) is 0.710.